The lowest BCUT2D eigenvalue weighted by Crippen LogP contribution is -2.42. The number of benzene rings is 1. The molecule has 2 aliphatic rings. The molecule has 0 amide bonds. The molecule has 0 spiro atoms. The maximum absolute atomic E-state index is 10.8. The summed E-state index contributed by atoms with van der Waals surface area (Å²) in [7, 11) is 0. The first-order valence-electron chi connectivity index (χ1n) is 10.0. The van der Waals surface area contributed by atoms with Crippen LogP contribution in [0, 0.1) is 6.92 Å². The van der Waals surface area contributed by atoms with Crippen molar-refractivity contribution in [1.29, 1.82) is 0 Å². The van der Waals surface area contributed by atoms with E-state index in [1.807, 2.05) is 0 Å². The minimum atomic E-state index is -0.752. The summed E-state index contributed by atoms with van der Waals surface area (Å²) in [5, 5.41) is 15.3. The fourth-order valence-corrected chi connectivity index (χ4v) is 5.43. The number of aryl methyl sites for hydroxylation is 3. The summed E-state index contributed by atoms with van der Waals surface area (Å²) in [6.45, 7) is 3.75. The monoisotopic (exact) mass is 395 g/mol. The molecule has 1 saturated heterocycles. The van der Waals surface area contributed by atoms with Gasteiger partial charge < -0.3 is 15.2 Å². The van der Waals surface area contributed by atoms with Crippen molar-refractivity contribution in [3.05, 3.63) is 40.3 Å². The van der Waals surface area contributed by atoms with Gasteiger partial charge >= 0.3 is 0 Å². The van der Waals surface area contributed by atoms with Crippen LogP contribution in [0.15, 0.2) is 24.3 Å². The van der Waals surface area contributed by atoms with Gasteiger partial charge in [0.05, 0.1) is 11.3 Å². The smallest absolute Gasteiger partial charge is 0.224 e. The van der Waals surface area contributed by atoms with E-state index in [-0.39, 0.29) is 0 Å². The Morgan fingerprint density at radius 3 is 2.71 bits per heavy atom. The maximum Gasteiger partial charge on any atom is 0.224 e. The first kappa shape index (κ1) is 18.0. The van der Waals surface area contributed by atoms with Gasteiger partial charge in [-0.25, -0.2) is 9.97 Å². The summed E-state index contributed by atoms with van der Waals surface area (Å²) in [5.41, 5.74) is 4.05. The molecule has 1 aromatic carbocycles. The Labute approximate surface area is 168 Å². The Balaban J connectivity index is 1.54. The predicted octanol–water partition coefficient (Wildman–Crippen LogP) is 4.11. The van der Waals surface area contributed by atoms with Crippen molar-refractivity contribution >= 4 is 27.5 Å². The molecule has 2 aromatic heterocycles. The molecule has 0 unspecified atom stereocenters. The van der Waals surface area contributed by atoms with Crippen molar-refractivity contribution in [3.63, 3.8) is 0 Å². The van der Waals surface area contributed by atoms with Gasteiger partial charge in [-0.2, -0.15) is 0 Å². The first-order valence-corrected chi connectivity index (χ1v) is 10.9. The van der Waals surface area contributed by atoms with Gasteiger partial charge in [-0.05, 0) is 31.7 Å². The van der Waals surface area contributed by atoms with Crippen molar-refractivity contribution in [2.75, 3.05) is 25.1 Å². The zero-order chi connectivity index (χ0) is 19.1. The van der Waals surface area contributed by atoms with E-state index in [0.717, 1.165) is 28.9 Å². The van der Waals surface area contributed by atoms with Crippen LogP contribution < -0.4 is 5.32 Å². The number of hydrogen-bond acceptors (Lipinski definition) is 6. The van der Waals surface area contributed by atoms with Gasteiger partial charge in [-0.15, -0.1) is 11.3 Å². The fourth-order valence-electron chi connectivity index (χ4n) is 4.17. The highest BCUT2D eigenvalue weighted by Crippen LogP contribution is 2.41. The number of ether oxygens (including phenoxy) is 1. The number of nitrogens with zero attached hydrogens (tertiary/aromatic N) is 2. The van der Waals surface area contributed by atoms with Gasteiger partial charge in [-0.3, -0.25) is 0 Å². The Bertz CT molecular complexity index is 1010. The van der Waals surface area contributed by atoms with Gasteiger partial charge in [0, 0.05) is 48.4 Å². The van der Waals surface area contributed by atoms with Crippen LogP contribution in [0.5, 0.6) is 0 Å². The molecular formula is C22H25N3O2S. The van der Waals surface area contributed by atoms with Gasteiger partial charge in [0.15, 0.2) is 0 Å². The molecule has 28 heavy (non-hydrogen) atoms. The molecular weight excluding hydrogens is 370 g/mol. The highest BCUT2D eigenvalue weighted by molar-refractivity contribution is 7.19. The number of rotatable bonds is 4. The van der Waals surface area contributed by atoms with E-state index in [4.69, 9.17) is 14.7 Å². The molecule has 0 saturated carbocycles. The van der Waals surface area contributed by atoms with Gasteiger partial charge in [-0.1, -0.05) is 29.8 Å². The van der Waals surface area contributed by atoms with Gasteiger partial charge in [0.25, 0.3) is 0 Å². The summed E-state index contributed by atoms with van der Waals surface area (Å²) in [5.74, 6) is 0.600. The van der Waals surface area contributed by atoms with Gasteiger partial charge in [0.1, 0.15) is 4.83 Å². The third kappa shape index (κ3) is 3.30. The topological polar surface area (TPSA) is 67.3 Å². The third-order valence-electron chi connectivity index (χ3n) is 5.89. The highest BCUT2D eigenvalue weighted by atomic mass is 32.1. The number of anilines is 1. The largest absolute Gasteiger partial charge is 0.388 e. The molecule has 0 bridgehead atoms. The standard InChI is InChI=1S/C22H25N3O2S/c1-14-5-7-15(8-6-14)19-18-16-3-2-4-17(16)28-20(18)25-21(24-19)23-13-22(26)9-11-27-12-10-22/h5-8,26H,2-4,9-13H2,1H3,(H,23,24,25). The Morgan fingerprint density at radius 1 is 1.14 bits per heavy atom. The Hall–Kier alpha value is -2.02. The van der Waals surface area contributed by atoms with Crippen LogP contribution in [0.1, 0.15) is 35.3 Å². The molecule has 3 aromatic rings. The van der Waals surface area contributed by atoms with Crippen LogP contribution in [0.3, 0.4) is 0 Å². The van der Waals surface area contributed by atoms with Crippen molar-refractivity contribution in [2.24, 2.45) is 0 Å². The quantitative estimate of drug-likeness (QED) is 0.696. The van der Waals surface area contributed by atoms with E-state index in [1.54, 1.807) is 11.3 Å². The number of hydrogen-bond donors (Lipinski definition) is 2. The summed E-state index contributed by atoms with van der Waals surface area (Å²) in [4.78, 5) is 12.2. The normalized spacial score (nSPS) is 18.4. The Kier molecular flexibility index (Phi) is 4.57. The molecule has 3 heterocycles. The second kappa shape index (κ2) is 7.10. The summed E-state index contributed by atoms with van der Waals surface area (Å²) in [6.07, 6.45) is 4.76. The van der Waals surface area contributed by atoms with E-state index in [1.165, 1.54) is 27.8 Å². The van der Waals surface area contributed by atoms with Crippen molar-refractivity contribution in [2.45, 2.75) is 44.6 Å². The van der Waals surface area contributed by atoms with E-state index in [0.29, 0.717) is 38.5 Å². The third-order valence-corrected chi connectivity index (χ3v) is 7.07. The lowest BCUT2D eigenvalue weighted by Gasteiger charge is -2.32. The van der Waals surface area contributed by atoms with E-state index in [2.05, 4.69) is 36.5 Å². The van der Waals surface area contributed by atoms with Crippen LogP contribution in [-0.4, -0.2) is 40.4 Å². The van der Waals surface area contributed by atoms with Crippen LogP contribution in [0.2, 0.25) is 0 Å². The first-order chi connectivity index (χ1) is 13.6. The van der Waals surface area contributed by atoms with E-state index >= 15 is 0 Å². The molecule has 0 atom stereocenters. The fraction of sp³-hybridized carbons (Fsp3) is 0.455. The number of fused-ring (bicyclic) bond motifs is 3. The predicted molar refractivity (Wildman–Crippen MR) is 113 cm³/mol. The Morgan fingerprint density at radius 2 is 1.93 bits per heavy atom. The number of thiophene rings is 1. The molecule has 146 valence electrons. The average Bonchev–Trinajstić information content (AvgIpc) is 3.28. The minimum absolute atomic E-state index is 0.445. The van der Waals surface area contributed by atoms with Crippen molar-refractivity contribution in [3.8, 4) is 11.3 Å². The molecule has 0 radical (unpaired) electrons. The molecule has 5 rings (SSSR count). The van der Waals surface area contributed by atoms with E-state index in [9.17, 15) is 5.11 Å². The maximum atomic E-state index is 10.8. The number of aromatic nitrogens is 2. The lowest BCUT2D eigenvalue weighted by molar-refractivity contribution is -0.0544. The van der Waals surface area contributed by atoms with Crippen LogP contribution in [0.25, 0.3) is 21.5 Å². The van der Waals surface area contributed by atoms with E-state index < -0.39 is 5.60 Å². The summed E-state index contributed by atoms with van der Waals surface area (Å²) in [6, 6.07) is 8.55. The summed E-state index contributed by atoms with van der Waals surface area (Å²) < 4.78 is 5.38. The zero-order valence-corrected chi connectivity index (χ0v) is 16.9. The van der Waals surface area contributed by atoms with Crippen LogP contribution in [0.4, 0.5) is 5.95 Å². The molecule has 6 heteroatoms. The molecule has 2 N–H and O–H groups in total. The highest BCUT2D eigenvalue weighted by Gasteiger charge is 2.30. The van der Waals surface area contributed by atoms with Crippen molar-refractivity contribution < 1.29 is 9.84 Å². The van der Waals surface area contributed by atoms with Crippen LogP contribution >= 0.6 is 11.3 Å². The number of nitrogens with one attached hydrogen (secondary N) is 1. The van der Waals surface area contributed by atoms with Crippen molar-refractivity contribution in [1.82, 2.24) is 9.97 Å². The minimum Gasteiger partial charge on any atom is -0.388 e. The van der Waals surface area contributed by atoms with Crippen LogP contribution in [-0.2, 0) is 17.6 Å². The second-order valence-corrected chi connectivity index (χ2v) is 9.07. The molecule has 5 nitrogen and oxygen atoms in total. The molecule has 1 aliphatic heterocycles. The average molecular weight is 396 g/mol. The zero-order valence-electron chi connectivity index (χ0n) is 16.1. The second-order valence-electron chi connectivity index (χ2n) is 7.99. The SMILES string of the molecule is Cc1ccc(-c2nc(NCC3(O)CCOCC3)nc3sc4c(c23)CCC4)cc1. The molecule has 1 fully saturated rings. The lowest BCUT2D eigenvalue weighted by atomic mass is 9.94. The van der Waals surface area contributed by atoms with Gasteiger partial charge in [0.2, 0.25) is 5.95 Å². The summed E-state index contributed by atoms with van der Waals surface area (Å²) >= 11 is 1.80. The number of aliphatic hydroxyl groups is 1. The molecule has 1 aliphatic carbocycles.